The lowest BCUT2D eigenvalue weighted by molar-refractivity contribution is -0.135. The molecule has 3 N–H and O–H groups in total. The molecule has 1 saturated heterocycles. The van der Waals surface area contributed by atoms with Gasteiger partial charge in [-0.15, -0.1) is 0 Å². The van der Waals surface area contributed by atoms with Crippen molar-refractivity contribution in [2.75, 3.05) is 18.6 Å². The number of nitrogens with zero attached hydrogens (tertiary/aromatic N) is 1. The minimum absolute atomic E-state index is 0.196. The molecule has 4 atom stereocenters. The van der Waals surface area contributed by atoms with Crippen LogP contribution in [0.15, 0.2) is 54.6 Å². The summed E-state index contributed by atoms with van der Waals surface area (Å²) in [5.74, 6) is 0. The highest BCUT2D eigenvalue weighted by atomic mass is 16.5. The highest BCUT2D eigenvalue weighted by Gasteiger charge is 2.41. The normalized spacial score (nSPS) is 27.9. The lowest BCUT2D eigenvalue weighted by Crippen LogP contribution is -2.62. The quantitative estimate of drug-likeness (QED) is 0.794. The van der Waals surface area contributed by atoms with Crippen LogP contribution < -0.4 is 4.90 Å². The predicted molar refractivity (Wildman–Crippen MR) is 88.0 cm³/mol. The molecule has 0 aliphatic carbocycles. The second kappa shape index (κ2) is 6.68. The van der Waals surface area contributed by atoms with E-state index >= 15 is 0 Å². The van der Waals surface area contributed by atoms with Gasteiger partial charge in [0.05, 0.1) is 0 Å². The summed E-state index contributed by atoms with van der Waals surface area (Å²) in [5, 5.41) is 29.8. The van der Waals surface area contributed by atoms with Crippen LogP contribution in [0.3, 0.4) is 0 Å². The van der Waals surface area contributed by atoms with Crippen molar-refractivity contribution in [1.82, 2.24) is 0 Å². The van der Waals surface area contributed by atoms with E-state index in [-0.39, 0.29) is 6.54 Å². The third-order valence-electron chi connectivity index (χ3n) is 4.27. The van der Waals surface area contributed by atoms with Gasteiger partial charge in [0.2, 0.25) is 0 Å². The molecule has 1 aliphatic heterocycles. The standard InChI is InChI=1S/C18H21NO4/c1-23-18-17(22)16(21)15(20)11-19(18)14-9-7-13(8-10-14)12-5-3-2-4-6-12/h2-10,15-18,20-22H,11H2,1H3/t15-,16+,17+,18+/m0/s1. The average molecular weight is 315 g/mol. The first-order valence-corrected chi connectivity index (χ1v) is 7.61. The molecule has 5 nitrogen and oxygen atoms in total. The van der Waals surface area contributed by atoms with Crippen LogP contribution in [0.5, 0.6) is 0 Å². The Morgan fingerprint density at radius 1 is 0.870 bits per heavy atom. The Labute approximate surface area is 135 Å². The van der Waals surface area contributed by atoms with Crippen molar-refractivity contribution in [1.29, 1.82) is 0 Å². The van der Waals surface area contributed by atoms with E-state index in [1.165, 1.54) is 7.11 Å². The van der Waals surface area contributed by atoms with Crippen molar-refractivity contribution in [3.63, 3.8) is 0 Å². The smallest absolute Gasteiger partial charge is 0.158 e. The highest BCUT2D eigenvalue weighted by Crippen LogP contribution is 2.28. The lowest BCUT2D eigenvalue weighted by Gasteiger charge is -2.44. The Bertz CT molecular complexity index is 631. The SMILES string of the molecule is CO[C@@H]1[C@H](O)[C@H](O)[C@@H](O)CN1c1ccc(-c2ccccc2)cc1. The number of methoxy groups -OCH3 is 1. The van der Waals surface area contributed by atoms with Crippen LogP contribution in [0.25, 0.3) is 11.1 Å². The minimum atomic E-state index is -1.21. The van der Waals surface area contributed by atoms with Crippen LogP contribution in [-0.2, 0) is 4.74 Å². The van der Waals surface area contributed by atoms with E-state index in [4.69, 9.17) is 4.74 Å². The molecule has 0 bridgehead atoms. The number of rotatable bonds is 3. The molecule has 0 amide bonds. The van der Waals surface area contributed by atoms with Crippen molar-refractivity contribution in [3.8, 4) is 11.1 Å². The van der Waals surface area contributed by atoms with E-state index in [0.29, 0.717) is 0 Å². The summed E-state index contributed by atoms with van der Waals surface area (Å²) in [6.45, 7) is 0.196. The summed E-state index contributed by atoms with van der Waals surface area (Å²) >= 11 is 0. The van der Waals surface area contributed by atoms with E-state index in [1.807, 2.05) is 54.6 Å². The van der Waals surface area contributed by atoms with Crippen LogP contribution in [0.4, 0.5) is 5.69 Å². The van der Waals surface area contributed by atoms with Gasteiger partial charge in [-0.3, -0.25) is 0 Å². The molecule has 2 aromatic carbocycles. The topological polar surface area (TPSA) is 73.2 Å². The second-order valence-corrected chi connectivity index (χ2v) is 5.74. The van der Waals surface area contributed by atoms with Gasteiger partial charge < -0.3 is 25.0 Å². The van der Waals surface area contributed by atoms with E-state index < -0.39 is 24.5 Å². The first-order valence-electron chi connectivity index (χ1n) is 7.61. The maximum Gasteiger partial charge on any atom is 0.158 e. The Morgan fingerprint density at radius 3 is 2.09 bits per heavy atom. The molecule has 2 aromatic rings. The van der Waals surface area contributed by atoms with Gasteiger partial charge in [-0.05, 0) is 23.3 Å². The number of anilines is 1. The number of hydrogen-bond acceptors (Lipinski definition) is 5. The number of ether oxygens (including phenoxy) is 1. The third kappa shape index (κ3) is 3.09. The van der Waals surface area contributed by atoms with Crippen molar-refractivity contribution in [2.24, 2.45) is 0 Å². The number of piperidine rings is 1. The summed E-state index contributed by atoms with van der Waals surface area (Å²) in [7, 11) is 1.48. The molecule has 5 heteroatoms. The van der Waals surface area contributed by atoms with Gasteiger partial charge in [-0.1, -0.05) is 42.5 Å². The van der Waals surface area contributed by atoms with E-state index in [1.54, 1.807) is 4.90 Å². The number of β-amino-alcohol motifs (C(OH)–C–C–N with tert-alkyl or cyclic N) is 1. The van der Waals surface area contributed by atoms with E-state index in [0.717, 1.165) is 16.8 Å². The summed E-state index contributed by atoms with van der Waals surface area (Å²) in [6, 6.07) is 17.9. The van der Waals surface area contributed by atoms with Crippen LogP contribution in [0, 0.1) is 0 Å². The minimum Gasteiger partial charge on any atom is -0.388 e. The van der Waals surface area contributed by atoms with Crippen molar-refractivity contribution >= 4 is 5.69 Å². The maximum absolute atomic E-state index is 10.1. The monoisotopic (exact) mass is 315 g/mol. The van der Waals surface area contributed by atoms with Crippen molar-refractivity contribution < 1.29 is 20.1 Å². The molecular weight excluding hydrogens is 294 g/mol. The molecule has 3 rings (SSSR count). The van der Waals surface area contributed by atoms with Gasteiger partial charge in [0.1, 0.15) is 18.3 Å². The molecular formula is C18H21NO4. The third-order valence-corrected chi connectivity index (χ3v) is 4.27. The van der Waals surface area contributed by atoms with Crippen LogP contribution in [0.1, 0.15) is 0 Å². The van der Waals surface area contributed by atoms with Gasteiger partial charge in [-0.2, -0.15) is 0 Å². The predicted octanol–water partition coefficient (Wildman–Crippen LogP) is 1.23. The summed E-state index contributed by atoms with van der Waals surface area (Å²) < 4.78 is 5.31. The first-order chi connectivity index (χ1) is 11.1. The van der Waals surface area contributed by atoms with Crippen LogP contribution in [0.2, 0.25) is 0 Å². The molecule has 0 unspecified atom stereocenters. The van der Waals surface area contributed by atoms with Crippen LogP contribution in [-0.4, -0.2) is 53.5 Å². The van der Waals surface area contributed by atoms with Gasteiger partial charge in [0.15, 0.2) is 6.23 Å². The number of benzene rings is 2. The molecule has 0 spiro atoms. The Kier molecular flexibility index (Phi) is 4.63. The zero-order valence-electron chi connectivity index (χ0n) is 12.9. The van der Waals surface area contributed by atoms with Crippen molar-refractivity contribution in [2.45, 2.75) is 24.5 Å². The fourth-order valence-electron chi connectivity index (χ4n) is 2.99. The van der Waals surface area contributed by atoms with E-state index in [9.17, 15) is 15.3 Å². The summed E-state index contributed by atoms with van der Waals surface area (Å²) in [6.07, 6.45) is -4.10. The first kappa shape index (κ1) is 16.0. The molecule has 122 valence electrons. The van der Waals surface area contributed by atoms with Gasteiger partial charge in [-0.25, -0.2) is 0 Å². The maximum atomic E-state index is 10.1. The average Bonchev–Trinajstić information content (AvgIpc) is 2.60. The molecule has 23 heavy (non-hydrogen) atoms. The fraction of sp³-hybridized carbons (Fsp3) is 0.333. The molecule has 1 fully saturated rings. The summed E-state index contributed by atoms with van der Waals surface area (Å²) in [4.78, 5) is 1.76. The fourth-order valence-corrected chi connectivity index (χ4v) is 2.99. The van der Waals surface area contributed by atoms with Crippen LogP contribution >= 0.6 is 0 Å². The molecule has 1 heterocycles. The molecule has 0 saturated carbocycles. The Morgan fingerprint density at radius 2 is 1.48 bits per heavy atom. The molecule has 0 radical (unpaired) electrons. The van der Waals surface area contributed by atoms with Crippen molar-refractivity contribution in [3.05, 3.63) is 54.6 Å². The molecule has 1 aliphatic rings. The zero-order chi connectivity index (χ0) is 16.4. The largest absolute Gasteiger partial charge is 0.388 e. The number of aliphatic hydroxyl groups is 3. The summed E-state index contributed by atoms with van der Waals surface area (Å²) in [5.41, 5.74) is 3.03. The lowest BCUT2D eigenvalue weighted by atomic mass is 9.98. The Hall–Kier alpha value is -1.92. The van der Waals surface area contributed by atoms with Gasteiger partial charge in [0.25, 0.3) is 0 Å². The number of hydrogen-bond donors (Lipinski definition) is 3. The zero-order valence-corrected chi connectivity index (χ0v) is 12.9. The highest BCUT2D eigenvalue weighted by molar-refractivity contribution is 5.66. The molecule has 0 aromatic heterocycles. The number of aliphatic hydroxyl groups excluding tert-OH is 3. The van der Waals surface area contributed by atoms with Gasteiger partial charge >= 0.3 is 0 Å². The van der Waals surface area contributed by atoms with Gasteiger partial charge in [0, 0.05) is 19.3 Å². The second-order valence-electron chi connectivity index (χ2n) is 5.74. The Balaban J connectivity index is 1.86. The van der Waals surface area contributed by atoms with E-state index in [2.05, 4.69) is 0 Å².